The number of hydrogen-bond donors (Lipinski definition) is 0. The first-order valence-corrected chi connectivity index (χ1v) is 11.9. The normalized spacial score (nSPS) is 21.1. The Bertz CT molecular complexity index is 1210. The first-order valence-electron chi connectivity index (χ1n) is 11.9. The Hall–Kier alpha value is -3.45. The minimum atomic E-state index is -0.426. The van der Waals surface area contributed by atoms with Crippen molar-refractivity contribution in [2.75, 3.05) is 31.1 Å². The van der Waals surface area contributed by atoms with Crippen LogP contribution in [-0.4, -0.2) is 58.3 Å². The van der Waals surface area contributed by atoms with Crippen LogP contribution in [0.5, 0.6) is 0 Å². The fraction of sp³-hybridized carbons (Fsp3) is 0.370. The summed E-state index contributed by atoms with van der Waals surface area (Å²) in [5.74, 6) is 0.00204. The van der Waals surface area contributed by atoms with Crippen LogP contribution in [0.2, 0.25) is 0 Å². The average molecular weight is 459 g/mol. The SMILES string of the molecule is Cc1cc(C)n(-c2cccc(C(=O)N3CCCC4(CC3)CN(c3ccccc3)C(=O)CO4)c2)n1. The zero-order valence-corrected chi connectivity index (χ0v) is 19.7. The first kappa shape index (κ1) is 22.3. The van der Waals surface area contributed by atoms with Crippen molar-refractivity contribution >= 4 is 17.5 Å². The molecule has 0 N–H and O–H groups in total. The summed E-state index contributed by atoms with van der Waals surface area (Å²) in [6.07, 6.45) is 2.35. The topological polar surface area (TPSA) is 67.7 Å². The highest BCUT2D eigenvalue weighted by Gasteiger charge is 2.42. The summed E-state index contributed by atoms with van der Waals surface area (Å²) in [5, 5.41) is 4.55. The first-order chi connectivity index (χ1) is 16.4. The van der Waals surface area contributed by atoms with Gasteiger partial charge in [-0.1, -0.05) is 24.3 Å². The lowest BCUT2D eigenvalue weighted by Crippen LogP contribution is -2.55. The van der Waals surface area contributed by atoms with Crippen molar-refractivity contribution in [3.05, 3.63) is 77.6 Å². The van der Waals surface area contributed by atoms with Crippen molar-refractivity contribution in [2.24, 2.45) is 0 Å². The molecule has 2 fully saturated rings. The third-order valence-corrected chi connectivity index (χ3v) is 6.85. The number of aromatic nitrogens is 2. The van der Waals surface area contributed by atoms with Crippen LogP contribution in [0, 0.1) is 13.8 Å². The van der Waals surface area contributed by atoms with Gasteiger partial charge in [0, 0.05) is 30.0 Å². The number of ether oxygens (including phenoxy) is 1. The molecule has 176 valence electrons. The van der Waals surface area contributed by atoms with Gasteiger partial charge >= 0.3 is 0 Å². The zero-order valence-electron chi connectivity index (χ0n) is 19.7. The molecule has 34 heavy (non-hydrogen) atoms. The predicted octanol–water partition coefficient (Wildman–Crippen LogP) is 3.92. The van der Waals surface area contributed by atoms with E-state index in [1.807, 2.05) is 89.0 Å². The Morgan fingerprint density at radius 1 is 0.971 bits per heavy atom. The van der Waals surface area contributed by atoms with Gasteiger partial charge < -0.3 is 14.5 Å². The van der Waals surface area contributed by atoms with E-state index in [0.29, 0.717) is 31.6 Å². The number of amides is 2. The highest BCUT2D eigenvalue weighted by Crippen LogP contribution is 2.33. The molecular formula is C27H30N4O3. The van der Waals surface area contributed by atoms with Crippen LogP contribution >= 0.6 is 0 Å². The molecule has 2 aliphatic heterocycles. The molecule has 0 radical (unpaired) electrons. The van der Waals surface area contributed by atoms with Gasteiger partial charge in [0.2, 0.25) is 0 Å². The standard InChI is InChI=1S/C27H30N4O3/c1-20-16-21(2)31(28-20)24-11-6-8-22(17-24)26(33)29-14-7-12-27(13-15-29)19-30(25(32)18-34-27)23-9-4-3-5-10-23/h3-6,8-11,16-17H,7,12-15,18-19H2,1-2H3. The molecule has 0 saturated carbocycles. The molecule has 0 bridgehead atoms. The van der Waals surface area contributed by atoms with E-state index in [0.717, 1.165) is 35.6 Å². The Labute approximate surface area is 199 Å². The van der Waals surface area contributed by atoms with Gasteiger partial charge in [0.05, 0.1) is 23.5 Å². The van der Waals surface area contributed by atoms with E-state index in [4.69, 9.17) is 4.74 Å². The predicted molar refractivity (Wildman–Crippen MR) is 130 cm³/mol. The fourth-order valence-corrected chi connectivity index (χ4v) is 5.07. The summed E-state index contributed by atoms with van der Waals surface area (Å²) in [6, 6.07) is 19.4. The molecule has 1 aromatic heterocycles. The number of nitrogens with zero attached hydrogens (tertiary/aromatic N) is 4. The third-order valence-electron chi connectivity index (χ3n) is 6.85. The Morgan fingerprint density at radius 2 is 1.76 bits per heavy atom. The molecule has 7 nitrogen and oxygen atoms in total. The van der Waals surface area contributed by atoms with Crippen molar-refractivity contribution in [3.8, 4) is 5.69 Å². The Balaban J connectivity index is 1.31. The molecule has 7 heteroatoms. The molecular weight excluding hydrogens is 428 g/mol. The van der Waals surface area contributed by atoms with E-state index in [1.54, 1.807) is 0 Å². The number of carbonyl (C=O) groups is 2. The number of aryl methyl sites for hydroxylation is 2. The maximum Gasteiger partial charge on any atom is 0.253 e. The number of carbonyl (C=O) groups excluding carboxylic acids is 2. The van der Waals surface area contributed by atoms with Crippen LogP contribution in [0.25, 0.3) is 5.69 Å². The Morgan fingerprint density at radius 3 is 2.53 bits per heavy atom. The van der Waals surface area contributed by atoms with Crippen LogP contribution in [-0.2, 0) is 9.53 Å². The second-order valence-electron chi connectivity index (χ2n) is 9.32. The number of anilines is 1. The number of likely N-dealkylation sites (tertiary alicyclic amines) is 1. The van der Waals surface area contributed by atoms with Crippen LogP contribution in [0.1, 0.15) is 41.0 Å². The summed E-state index contributed by atoms with van der Waals surface area (Å²) < 4.78 is 8.01. The fourth-order valence-electron chi connectivity index (χ4n) is 5.07. The third kappa shape index (κ3) is 4.35. The van der Waals surface area contributed by atoms with E-state index >= 15 is 0 Å². The number of benzene rings is 2. The van der Waals surface area contributed by atoms with Gasteiger partial charge in [-0.25, -0.2) is 4.68 Å². The van der Waals surface area contributed by atoms with Gasteiger partial charge in [-0.15, -0.1) is 0 Å². The van der Waals surface area contributed by atoms with E-state index in [1.165, 1.54) is 0 Å². The lowest BCUT2D eigenvalue weighted by Gasteiger charge is -2.42. The van der Waals surface area contributed by atoms with E-state index in [2.05, 4.69) is 5.10 Å². The van der Waals surface area contributed by atoms with Gasteiger partial charge in [-0.05, 0) is 69.5 Å². The average Bonchev–Trinajstić information content (AvgIpc) is 3.07. The molecule has 0 aliphatic carbocycles. The van der Waals surface area contributed by atoms with E-state index < -0.39 is 5.60 Å². The zero-order chi connectivity index (χ0) is 23.7. The quantitative estimate of drug-likeness (QED) is 0.597. The van der Waals surface area contributed by atoms with Crippen LogP contribution in [0.15, 0.2) is 60.7 Å². The summed E-state index contributed by atoms with van der Waals surface area (Å²) in [6.45, 7) is 5.84. The van der Waals surface area contributed by atoms with Crippen LogP contribution < -0.4 is 4.90 Å². The van der Waals surface area contributed by atoms with Crippen LogP contribution in [0.4, 0.5) is 5.69 Å². The van der Waals surface area contributed by atoms with E-state index in [9.17, 15) is 9.59 Å². The molecule has 3 aromatic rings. The van der Waals surface area contributed by atoms with Crippen LogP contribution in [0.3, 0.4) is 0 Å². The maximum absolute atomic E-state index is 13.4. The monoisotopic (exact) mass is 458 g/mol. The largest absolute Gasteiger partial charge is 0.363 e. The summed E-state index contributed by atoms with van der Waals surface area (Å²) in [4.78, 5) is 29.7. The van der Waals surface area contributed by atoms with Crippen molar-refractivity contribution in [1.82, 2.24) is 14.7 Å². The van der Waals surface area contributed by atoms with Gasteiger partial charge in [-0.2, -0.15) is 5.10 Å². The molecule has 2 amide bonds. The summed E-state index contributed by atoms with van der Waals surface area (Å²) in [5.41, 5.74) is 3.99. The summed E-state index contributed by atoms with van der Waals surface area (Å²) in [7, 11) is 0. The number of para-hydroxylation sites is 1. The minimum absolute atomic E-state index is 0.0185. The molecule has 2 saturated heterocycles. The summed E-state index contributed by atoms with van der Waals surface area (Å²) >= 11 is 0. The van der Waals surface area contributed by atoms with Gasteiger partial charge in [0.15, 0.2) is 0 Å². The van der Waals surface area contributed by atoms with Crippen molar-refractivity contribution in [1.29, 1.82) is 0 Å². The van der Waals surface area contributed by atoms with Gasteiger partial charge in [0.25, 0.3) is 11.8 Å². The Kier molecular flexibility index (Phi) is 5.96. The van der Waals surface area contributed by atoms with Crippen molar-refractivity contribution in [3.63, 3.8) is 0 Å². The molecule has 1 spiro atoms. The highest BCUT2D eigenvalue weighted by atomic mass is 16.5. The number of hydrogen-bond acceptors (Lipinski definition) is 4. The second-order valence-corrected chi connectivity index (χ2v) is 9.32. The maximum atomic E-state index is 13.4. The second kappa shape index (κ2) is 9.06. The van der Waals surface area contributed by atoms with Gasteiger partial charge in [-0.3, -0.25) is 9.59 Å². The molecule has 1 atom stereocenters. The molecule has 2 aromatic carbocycles. The smallest absolute Gasteiger partial charge is 0.253 e. The van der Waals surface area contributed by atoms with E-state index in [-0.39, 0.29) is 18.4 Å². The highest BCUT2D eigenvalue weighted by molar-refractivity contribution is 5.95. The molecule has 3 heterocycles. The lowest BCUT2D eigenvalue weighted by atomic mass is 9.92. The van der Waals surface area contributed by atoms with Crippen molar-refractivity contribution < 1.29 is 14.3 Å². The molecule has 1 unspecified atom stereocenters. The lowest BCUT2D eigenvalue weighted by molar-refractivity contribution is -0.140. The molecule has 5 rings (SSSR count). The van der Waals surface area contributed by atoms with Crippen molar-refractivity contribution in [2.45, 2.75) is 38.7 Å². The number of morpholine rings is 1. The van der Waals surface area contributed by atoms with Gasteiger partial charge in [0.1, 0.15) is 6.61 Å². The number of rotatable bonds is 3. The molecule has 2 aliphatic rings. The minimum Gasteiger partial charge on any atom is -0.363 e.